The Morgan fingerprint density at radius 3 is 1.31 bits per heavy atom. The van der Waals surface area contributed by atoms with Gasteiger partial charge in [0.25, 0.3) is 0 Å². The topological polar surface area (TPSA) is 26.3 Å². The number of fused-ring (bicyclic) bond motifs is 2. The van der Waals surface area contributed by atoms with Crippen molar-refractivity contribution in [2.45, 2.75) is 99.2 Å². The number of furan rings is 2. The molecule has 0 N–H and O–H groups in total. The summed E-state index contributed by atoms with van der Waals surface area (Å²) >= 11 is -1.34. The van der Waals surface area contributed by atoms with Crippen molar-refractivity contribution in [2.75, 3.05) is 0 Å². The van der Waals surface area contributed by atoms with Crippen molar-refractivity contribution in [3.05, 3.63) is 166 Å². The number of allylic oxidation sites excluding steroid dienone is 2. The van der Waals surface area contributed by atoms with Gasteiger partial charge in [0.2, 0.25) is 0 Å². The van der Waals surface area contributed by atoms with Crippen LogP contribution in [0, 0.1) is 0 Å². The molecule has 278 valence electrons. The van der Waals surface area contributed by atoms with Crippen molar-refractivity contribution >= 4 is 23.3 Å². The molecule has 4 aromatic carbocycles. The monoisotopic (exact) mass is 800 g/mol. The van der Waals surface area contributed by atoms with Crippen molar-refractivity contribution in [2.24, 2.45) is 0 Å². The molecule has 0 spiro atoms. The molecule has 0 fully saturated rings. The van der Waals surface area contributed by atoms with E-state index in [-0.39, 0.29) is 0 Å². The second-order valence-corrected chi connectivity index (χ2v) is 19.4. The van der Waals surface area contributed by atoms with E-state index in [1.807, 2.05) is 0 Å². The van der Waals surface area contributed by atoms with Gasteiger partial charge in [-0.1, -0.05) is 0 Å². The Morgan fingerprint density at radius 2 is 0.927 bits per heavy atom. The van der Waals surface area contributed by atoms with Gasteiger partial charge < -0.3 is 0 Å². The van der Waals surface area contributed by atoms with Gasteiger partial charge in [0.15, 0.2) is 0 Å². The molecule has 55 heavy (non-hydrogen) atoms. The number of aryl methyl sites for hydroxylation is 2. The van der Waals surface area contributed by atoms with E-state index in [2.05, 4.69) is 163 Å². The second kappa shape index (κ2) is 16.5. The van der Waals surface area contributed by atoms with Gasteiger partial charge in [0.1, 0.15) is 0 Å². The summed E-state index contributed by atoms with van der Waals surface area (Å²) < 4.78 is 14.0. The molecule has 0 radical (unpaired) electrons. The first-order valence-corrected chi connectivity index (χ1v) is 23.6. The second-order valence-electron chi connectivity index (χ2n) is 15.7. The fraction of sp³-hybridized carbons (Fsp3) is 0.308. The van der Waals surface area contributed by atoms with Crippen LogP contribution in [0.25, 0.3) is 45.6 Å². The van der Waals surface area contributed by atoms with E-state index in [1.54, 1.807) is 0 Å². The van der Waals surface area contributed by atoms with Gasteiger partial charge in [-0.25, -0.2) is 0 Å². The van der Waals surface area contributed by atoms with Gasteiger partial charge in [0, 0.05) is 0 Å². The predicted molar refractivity (Wildman–Crippen MR) is 228 cm³/mol. The molecule has 2 aliphatic rings. The zero-order chi connectivity index (χ0) is 38.1. The quantitative estimate of drug-likeness (QED) is 0.110. The van der Waals surface area contributed by atoms with Crippen molar-refractivity contribution in [1.29, 1.82) is 0 Å². The summed E-state index contributed by atoms with van der Waals surface area (Å²) in [4.78, 5) is 0. The molecule has 2 heterocycles. The van der Waals surface area contributed by atoms with Crippen LogP contribution in [-0.4, -0.2) is 0 Å². The van der Waals surface area contributed by atoms with Crippen molar-refractivity contribution in [3.63, 3.8) is 0 Å². The Labute approximate surface area is 340 Å². The third-order valence-corrected chi connectivity index (χ3v) is 16.8. The average Bonchev–Trinajstić information content (AvgIpc) is 4.04. The zero-order valence-corrected chi connectivity index (χ0v) is 35.9. The molecular formula is C52H54O2Zr. The number of hydrogen-bond donors (Lipinski definition) is 0. The minimum absolute atomic E-state index is 0.321. The summed E-state index contributed by atoms with van der Waals surface area (Å²) in [6, 6.07) is 41.5. The molecule has 4 atom stereocenters. The van der Waals surface area contributed by atoms with Crippen LogP contribution in [0.4, 0.5) is 0 Å². The van der Waals surface area contributed by atoms with Gasteiger partial charge in [-0.3, -0.25) is 0 Å². The van der Waals surface area contributed by atoms with Crippen LogP contribution >= 0.6 is 0 Å². The summed E-state index contributed by atoms with van der Waals surface area (Å²) in [7, 11) is 0. The molecule has 0 amide bonds. The maximum absolute atomic E-state index is 6.68. The predicted octanol–water partition coefficient (Wildman–Crippen LogP) is 15.1. The van der Waals surface area contributed by atoms with E-state index in [0.717, 1.165) is 61.6 Å². The van der Waals surface area contributed by atoms with Crippen LogP contribution in [0.5, 0.6) is 0 Å². The maximum atomic E-state index is 6.68. The molecule has 4 unspecified atom stereocenters. The van der Waals surface area contributed by atoms with Crippen molar-refractivity contribution in [3.8, 4) is 22.3 Å². The summed E-state index contributed by atoms with van der Waals surface area (Å²) in [6.45, 7) is 13.6. The third-order valence-electron chi connectivity index (χ3n) is 12.1. The normalized spacial score (nSPS) is 17.1. The molecule has 6 aromatic rings. The Morgan fingerprint density at radius 1 is 0.509 bits per heavy atom. The molecule has 0 saturated heterocycles. The average molecular weight is 802 g/mol. The fourth-order valence-electron chi connectivity index (χ4n) is 8.54. The van der Waals surface area contributed by atoms with Gasteiger partial charge in [-0.15, -0.1) is 0 Å². The Hall–Kier alpha value is -4.20. The molecular weight excluding hydrogens is 748 g/mol. The van der Waals surface area contributed by atoms with Crippen LogP contribution in [0.3, 0.4) is 0 Å². The van der Waals surface area contributed by atoms with Gasteiger partial charge >= 0.3 is 342 Å². The Bertz CT molecular complexity index is 2160. The summed E-state index contributed by atoms with van der Waals surface area (Å²) in [6.07, 6.45) is 11.3. The Balaban J connectivity index is 1.24. The van der Waals surface area contributed by atoms with Crippen LogP contribution in [0.15, 0.2) is 118 Å². The Kier molecular flexibility index (Phi) is 11.3. The van der Waals surface area contributed by atoms with Crippen LogP contribution < -0.4 is 0 Å². The molecule has 0 aliphatic heterocycles. The number of rotatable bonds is 14. The van der Waals surface area contributed by atoms with E-state index in [0.29, 0.717) is 19.1 Å². The molecule has 0 saturated carbocycles. The zero-order valence-electron chi connectivity index (χ0n) is 33.4. The molecule has 2 nitrogen and oxygen atoms in total. The first-order chi connectivity index (χ1) is 26.9. The summed E-state index contributed by atoms with van der Waals surface area (Å²) in [5.41, 5.74) is 16.3. The van der Waals surface area contributed by atoms with Gasteiger partial charge in [0.05, 0.1) is 0 Å². The summed E-state index contributed by atoms with van der Waals surface area (Å²) in [5, 5.41) is 0. The van der Waals surface area contributed by atoms with Gasteiger partial charge in [-0.05, 0) is 0 Å². The third kappa shape index (κ3) is 7.43. The SMILES string of the molecule is CCCc1ccc(C2=Cc3c(-c4ccc(C(C)CC)cc4)cccc3[CH]2[Zr][CH]2C(c3ccc(CCC)o3)=Cc3c(-c4ccc(C(C)CC)cc4)cccc32)o1. The number of hydrogen-bond acceptors (Lipinski definition) is 2. The minimum atomic E-state index is -1.34. The summed E-state index contributed by atoms with van der Waals surface area (Å²) in [5.74, 6) is 5.34. The molecule has 2 aromatic heterocycles. The van der Waals surface area contributed by atoms with Crippen molar-refractivity contribution in [1.82, 2.24) is 0 Å². The van der Waals surface area contributed by atoms with E-state index >= 15 is 0 Å². The first-order valence-electron chi connectivity index (χ1n) is 20.7. The fourth-order valence-corrected chi connectivity index (χ4v) is 13.5. The van der Waals surface area contributed by atoms with Crippen LogP contribution in [0.2, 0.25) is 0 Å². The van der Waals surface area contributed by atoms with Crippen LogP contribution in [-0.2, 0) is 36.1 Å². The van der Waals surface area contributed by atoms with E-state index < -0.39 is 23.2 Å². The van der Waals surface area contributed by atoms with E-state index in [1.165, 1.54) is 66.8 Å². The molecule has 2 aliphatic carbocycles. The molecule has 3 heteroatoms. The molecule has 8 rings (SSSR count). The first kappa shape index (κ1) is 37.7. The van der Waals surface area contributed by atoms with E-state index in [4.69, 9.17) is 8.83 Å². The van der Waals surface area contributed by atoms with Crippen LogP contribution in [0.1, 0.15) is 143 Å². The van der Waals surface area contributed by atoms with Crippen molar-refractivity contribution < 1.29 is 32.1 Å². The van der Waals surface area contributed by atoms with E-state index in [9.17, 15) is 0 Å². The van der Waals surface area contributed by atoms with Gasteiger partial charge in [-0.2, -0.15) is 0 Å². The number of benzene rings is 4. The standard InChI is InChI=1S/2C26H27O.Zr/c2*1-4-7-23-14-15-26(27-23)22-16-21-8-6-9-24(25(21)17-22)20-12-10-19(11-13-20)18(3)5-2;/h2*6,8-18H,4-5,7H2,1-3H3;. The molecule has 0 bridgehead atoms.